The molecule has 4 nitrogen and oxygen atoms in total. The van der Waals surface area contributed by atoms with Crippen molar-refractivity contribution in [3.8, 4) is 39.5 Å². The zero-order valence-corrected chi connectivity index (χ0v) is 24.3. The number of fused-ring (bicyclic) bond motifs is 6. The molecule has 9 aromatic rings. The number of para-hydroxylation sites is 1. The minimum Gasteiger partial charge on any atom is -0.309 e. The summed E-state index contributed by atoms with van der Waals surface area (Å²) in [6.45, 7) is 0. The lowest BCUT2D eigenvalue weighted by molar-refractivity contribution is 1.17. The predicted octanol–water partition coefficient (Wildman–Crippen LogP) is 10.3. The van der Waals surface area contributed by atoms with Crippen LogP contribution in [0.5, 0.6) is 0 Å². The molecule has 9 rings (SSSR count). The summed E-state index contributed by atoms with van der Waals surface area (Å²) >= 11 is 0. The molecule has 4 aromatic heterocycles. The molecule has 4 heteroatoms. The minimum absolute atomic E-state index is 0.843. The molecule has 45 heavy (non-hydrogen) atoms. The molecule has 0 aliphatic heterocycles. The summed E-state index contributed by atoms with van der Waals surface area (Å²) in [6, 6.07) is 49.3. The Balaban J connectivity index is 1.23. The number of rotatable bonds is 4. The molecular weight excluding hydrogens is 548 g/mol. The van der Waals surface area contributed by atoms with Crippen LogP contribution in [0.4, 0.5) is 0 Å². The monoisotopic (exact) mass is 574 g/mol. The molecule has 0 unspecified atom stereocenters. The van der Waals surface area contributed by atoms with Crippen molar-refractivity contribution in [2.24, 2.45) is 0 Å². The number of hydrogen-bond donors (Lipinski definition) is 0. The van der Waals surface area contributed by atoms with Crippen LogP contribution in [0, 0.1) is 0 Å². The third-order valence-electron chi connectivity index (χ3n) is 8.71. The van der Waals surface area contributed by atoms with E-state index in [1.165, 1.54) is 26.9 Å². The van der Waals surface area contributed by atoms with Crippen molar-refractivity contribution in [1.29, 1.82) is 0 Å². The topological polar surface area (TPSA) is 43.6 Å². The SMILES string of the molecule is c1ccc(-c2cc(-c3ccc4c(ccc5ccccc54)c3)cc(-c3cccc(-n4c5ccccc5c5cnccc54)c3)n2)nc1. The molecule has 0 saturated carbocycles. The van der Waals surface area contributed by atoms with E-state index in [-0.39, 0.29) is 0 Å². The van der Waals surface area contributed by atoms with Gasteiger partial charge in [0.1, 0.15) is 0 Å². The summed E-state index contributed by atoms with van der Waals surface area (Å²) in [7, 11) is 0. The van der Waals surface area contributed by atoms with Crippen LogP contribution in [-0.4, -0.2) is 19.5 Å². The van der Waals surface area contributed by atoms with Gasteiger partial charge >= 0.3 is 0 Å². The highest BCUT2D eigenvalue weighted by Crippen LogP contribution is 2.35. The third-order valence-corrected chi connectivity index (χ3v) is 8.71. The Labute approximate surface area is 259 Å². The third kappa shape index (κ3) is 4.27. The van der Waals surface area contributed by atoms with Gasteiger partial charge < -0.3 is 4.57 Å². The molecule has 210 valence electrons. The molecule has 0 fully saturated rings. The molecule has 0 atom stereocenters. The largest absolute Gasteiger partial charge is 0.309 e. The molecule has 0 amide bonds. The van der Waals surface area contributed by atoms with Gasteiger partial charge in [0.25, 0.3) is 0 Å². The lowest BCUT2D eigenvalue weighted by Crippen LogP contribution is -1.96. The minimum atomic E-state index is 0.843. The Morgan fingerprint density at radius 3 is 2.16 bits per heavy atom. The van der Waals surface area contributed by atoms with Crippen molar-refractivity contribution in [3.63, 3.8) is 0 Å². The highest BCUT2D eigenvalue weighted by Gasteiger charge is 2.15. The fraction of sp³-hybridized carbons (Fsp3) is 0. The van der Waals surface area contributed by atoms with E-state index < -0.39 is 0 Å². The Kier molecular flexibility index (Phi) is 5.78. The number of benzene rings is 5. The summed E-state index contributed by atoms with van der Waals surface area (Å²) in [4.78, 5) is 14.2. The van der Waals surface area contributed by atoms with Crippen LogP contribution in [-0.2, 0) is 0 Å². The molecule has 0 aliphatic carbocycles. The quantitative estimate of drug-likeness (QED) is 0.196. The van der Waals surface area contributed by atoms with Crippen molar-refractivity contribution in [2.75, 3.05) is 0 Å². The fourth-order valence-corrected chi connectivity index (χ4v) is 6.58. The maximum absolute atomic E-state index is 5.17. The van der Waals surface area contributed by atoms with Crippen molar-refractivity contribution >= 4 is 43.4 Å². The lowest BCUT2D eigenvalue weighted by atomic mass is 9.96. The second-order valence-corrected chi connectivity index (χ2v) is 11.4. The zero-order valence-electron chi connectivity index (χ0n) is 24.3. The van der Waals surface area contributed by atoms with Crippen molar-refractivity contribution in [1.82, 2.24) is 19.5 Å². The molecule has 0 bridgehead atoms. The van der Waals surface area contributed by atoms with Crippen LogP contribution >= 0.6 is 0 Å². The highest BCUT2D eigenvalue weighted by molar-refractivity contribution is 6.09. The highest BCUT2D eigenvalue weighted by atomic mass is 15.0. The van der Waals surface area contributed by atoms with Gasteiger partial charge in [0.2, 0.25) is 0 Å². The van der Waals surface area contributed by atoms with E-state index in [2.05, 4.69) is 136 Å². The number of hydrogen-bond acceptors (Lipinski definition) is 3. The summed E-state index contributed by atoms with van der Waals surface area (Å²) in [5.41, 5.74) is 9.23. The molecular formula is C41H26N4. The molecule has 4 heterocycles. The second kappa shape index (κ2) is 10.2. The summed E-state index contributed by atoms with van der Waals surface area (Å²) < 4.78 is 2.31. The van der Waals surface area contributed by atoms with E-state index in [9.17, 15) is 0 Å². The van der Waals surface area contributed by atoms with Crippen LogP contribution in [0.3, 0.4) is 0 Å². The maximum atomic E-state index is 5.17. The van der Waals surface area contributed by atoms with Gasteiger partial charge in [0.15, 0.2) is 0 Å². The first-order valence-electron chi connectivity index (χ1n) is 15.1. The van der Waals surface area contributed by atoms with Gasteiger partial charge in [-0.1, -0.05) is 84.9 Å². The van der Waals surface area contributed by atoms with Crippen LogP contribution in [0.2, 0.25) is 0 Å². The van der Waals surface area contributed by atoms with E-state index in [4.69, 9.17) is 4.98 Å². The van der Waals surface area contributed by atoms with Crippen molar-refractivity contribution < 1.29 is 0 Å². The fourth-order valence-electron chi connectivity index (χ4n) is 6.58. The molecule has 0 N–H and O–H groups in total. The van der Waals surface area contributed by atoms with Crippen LogP contribution < -0.4 is 0 Å². The standard InChI is InChI=1S/C41H26N4/c1-2-11-33-27(8-1)15-16-29-22-28(17-18-34(29)33)31-24-38(44-39(25-31)37-13-5-6-20-43-37)30-9-7-10-32(23-30)45-40-14-4-3-12-35(40)36-26-42-21-19-41(36)45/h1-26H. The van der Waals surface area contributed by atoms with Gasteiger partial charge in [0, 0.05) is 40.6 Å². The van der Waals surface area contributed by atoms with Gasteiger partial charge in [-0.15, -0.1) is 0 Å². The summed E-state index contributed by atoms with van der Waals surface area (Å²) in [5.74, 6) is 0. The first-order valence-corrected chi connectivity index (χ1v) is 15.1. The van der Waals surface area contributed by atoms with E-state index in [1.54, 1.807) is 0 Å². The molecule has 0 spiro atoms. The van der Waals surface area contributed by atoms with E-state index in [0.717, 1.165) is 55.9 Å². The van der Waals surface area contributed by atoms with Crippen molar-refractivity contribution in [3.05, 3.63) is 158 Å². The molecule has 5 aromatic carbocycles. The van der Waals surface area contributed by atoms with Gasteiger partial charge in [-0.25, -0.2) is 4.98 Å². The van der Waals surface area contributed by atoms with Crippen molar-refractivity contribution in [2.45, 2.75) is 0 Å². The van der Waals surface area contributed by atoms with Crippen LogP contribution in [0.15, 0.2) is 158 Å². The van der Waals surface area contributed by atoms with Crippen LogP contribution in [0.1, 0.15) is 0 Å². The molecule has 0 aliphatic rings. The smallest absolute Gasteiger partial charge is 0.0899 e. The first-order chi connectivity index (χ1) is 22.3. The second-order valence-electron chi connectivity index (χ2n) is 11.4. The van der Waals surface area contributed by atoms with Gasteiger partial charge in [-0.2, -0.15) is 0 Å². The van der Waals surface area contributed by atoms with E-state index >= 15 is 0 Å². The molecule has 0 saturated heterocycles. The number of aromatic nitrogens is 4. The normalized spacial score (nSPS) is 11.6. The average molecular weight is 575 g/mol. The Morgan fingerprint density at radius 2 is 1.22 bits per heavy atom. The number of nitrogens with zero attached hydrogens (tertiary/aromatic N) is 4. The van der Waals surface area contributed by atoms with E-state index in [1.807, 2.05) is 36.8 Å². The lowest BCUT2D eigenvalue weighted by Gasteiger charge is -2.13. The zero-order chi connectivity index (χ0) is 29.7. The van der Waals surface area contributed by atoms with Gasteiger partial charge in [-0.3, -0.25) is 9.97 Å². The first kappa shape index (κ1) is 25.4. The Hall–Kier alpha value is -6.13. The summed E-state index contributed by atoms with van der Waals surface area (Å²) in [5, 5.41) is 7.31. The van der Waals surface area contributed by atoms with Gasteiger partial charge in [-0.05, 0) is 87.3 Å². The summed E-state index contributed by atoms with van der Waals surface area (Å²) in [6.07, 6.45) is 5.63. The van der Waals surface area contributed by atoms with Crippen LogP contribution in [0.25, 0.3) is 82.8 Å². The van der Waals surface area contributed by atoms with E-state index in [0.29, 0.717) is 0 Å². The maximum Gasteiger partial charge on any atom is 0.0899 e. The Bertz CT molecular complexity index is 2490. The number of pyridine rings is 3. The Morgan fingerprint density at radius 1 is 0.422 bits per heavy atom. The average Bonchev–Trinajstić information content (AvgIpc) is 3.46. The van der Waals surface area contributed by atoms with Gasteiger partial charge in [0.05, 0.1) is 28.1 Å². The molecule has 0 radical (unpaired) electrons. The predicted molar refractivity (Wildman–Crippen MR) is 185 cm³/mol.